The van der Waals surface area contributed by atoms with Gasteiger partial charge in [-0.05, 0) is 31.0 Å². The number of nitrogens with one attached hydrogen (secondary N) is 1. The SMILES string of the molecule is O=S(=O)(c1ccccc1)N1CC[C@@H]2CNC[C@@H]21. The summed E-state index contributed by atoms with van der Waals surface area (Å²) >= 11 is 0. The molecule has 2 atom stereocenters. The van der Waals surface area contributed by atoms with E-state index in [4.69, 9.17) is 0 Å². The first-order valence-corrected chi connectivity index (χ1v) is 7.41. The number of fused-ring (bicyclic) bond motifs is 1. The van der Waals surface area contributed by atoms with Gasteiger partial charge in [0.15, 0.2) is 0 Å². The first-order valence-electron chi connectivity index (χ1n) is 5.97. The number of rotatable bonds is 2. The first kappa shape index (κ1) is 11.2. The molecule has 2 fully saturated rings. The molecule has 17 heavy (non-hydrogen) atoms. The van der Waals surface area contributed by atoms with Crippen LogP contribution in [0.15, 0.2) is 35.2 Å². The summed E-state index contributed by atoms with van der Waals surface area (Å²) in [4.78, 5) is 0.410. The number of benzene rings is 1. The van der Waals surface area contributed by atoms with Crippen LogP contribution in [0.4, 0.5) is 0 Å². The van der Waals surface area contributed by atoms with Gasteiger partial charge in [-0.15, -0.1) is 0 Å². The van der Waals surface area contributed by atoms with Crippen molar-refractivity contribution in [3.05, 3.63) is 30.3 Å². The van der Waals surface area contributed by atoms with Gasteiger partial charge in [0.1, 0.15) is 0 Å². The highest BCUT2D eigenvalue weighted by Crippen LogP contribution is 2.31. The molecule has 2 heterocycles. The molecule has 4 nitrogen and oxygen atoms in total. The quantitative estimate of drug-likeness (QED) is 0.841. The Morgan fingerprint density at radius 3 is 2.71 bits per heavy atom. The van der Waals surface area contributed by atoms with Gasteiger partial charge in [-0.3, -0.25) is 0 Å². The van der Waals surface area contributed by atoms with Gasteiger partial charge in [-0.25, -0.2) is 8.42 Å². The van der Waals surface area contributed by atoms with Crippen molar-refractivity contribution in [2.24, 2.45) is 5.92 Å². The van der Waals surface area contributed by atoms with E-state index >= 15 is 0 Å². The minimum Gasteiger partial charge on any atom is -0.315 e. The highest BCUT2D eigenvalue weighted by atomic mass is 32.2. The molecule has 0 unspecified atom stereocenters. The van der Waals surface area contributed by atoms with E-state index in [0.29, 0.717) is 17.4 Å². The predicted molar refractivity (Wildman–Crippen MR) is 65.1 cm³/mol. The molecular weight excluding hydrogens is 236 g/mol. The molecule has 1 N–H and O–H groups in total. The largest absolute Gasteiger partial charge is 0.315 e. The van der Waals surface area contributed by atoms with Gasteiger partial charge in [0, 0.05) is 19.1 Å². The van der Waals surface area contributed by atoms with Crippen LogP contribution in [0.25, 0.3) is 0 Å². The second-order valence-electron chi connectivity index (χ2n) is 4.70. The van der Waals surface area contributed by atoms with Crippen molar-refractivity contribution in [1.82, 2.24) is 9.62 Å². The van der Waals surface area contributed by atoms with Crippen molar-refractivity contribution in [3.63, 3.8) is 0 Å². The van der Waals surface area contributed by atoms with E-state index in [1.54, 1.807) is 28.6 Å². The van der Waals surface area contributed by atoms with Crippen LogP contribution < -0.4 is 5.32 Å². The fourth-order valence-corrected chi connectivity index (χ4v) is 4.56. The Morgan fingerprint density at radius 2 is 1.94 bits per heavy atom. The number of hydrogen-bond acceptors (Lipinski definition) is 3. The average molecular weight is 252 g/mol. The second-order valence-corrected chi connectivity index (χ2v) is 6.59. The van der Waals surface area contributed by atoms with E-state index in [2.05, 4.69) is 5.32 Å². The van der Waals surface area contributed by atoms with Gasteiger partial charge in [0.2, 0.25) is 10.0 Å². The van der Waals surface area contributed by atoms with Crippen molar-refractivity contribution in [3.8, 4) is 0 Å². The Hall–Kier alpha value is -0.910. The zero-order valence-electron chi connectivity index (χ0n) is 9.54. The minimum atomic E-state index is -3.30. The Morgan fingerprint density at radius 1 is 1.18 bits per heavy atom. The van der Waals surface area contributed by atoms with Crippen molar-refractivity contribution in [2.75, 3.05) is 19.6 Å². The normalized spacial score (nSPS) is 29.4. The average Bonchev–Trinajstić information content (AvgIpc) is 2.91. The lowest BCUT2D eigenvalue weighted by Gasteiger charge is -2.22. The number of sulfonamides is 1. The van der Waals surface area contributed by atoms with Gasteiger partial charge in [0.05, 0.1) is 4.90 Å². The molecule has 1 aromatic rings. The molecule has 2 saturated heterocycles. The van der Waals surface area contributed by atoms with Gasteiger partial charge >= 0.3 is 0 Å². The molecule has 0 spiro atoms. The van der Waals surface area contributed by atoms with Crippen molar-refractivity contribution < 1.29 is 8.42 Å². The third kappa shape index (κ3) is 1.78. The van der Waals surface area contributed by atoms with E-state index in [1.165, 1.54) is 0 Å². The summed E-state index contributed by atoms with van der Waals surface area (Å²) in [6.45, 7) is 2.40. The molecule has 2 aliphatic heterocycles. The third-order valence-corrected chi connectivity index (χ3v) is 5.68. The first-order chi connectivity index (χ1) is 8.19. The van der Waals surface area contributed by atoms with E-state index in [0.717, 1.165) is 19.5 Å². The van der Waals surface area contributed by atoms with Crippen LogP contribution in [0.2, 0.25) is 0 Å². The second kappa shape index (κ2) is 4.08. The maximum atomic E-state index is 12.5. The molecule has 5 heteroatoms. The van der Waals surface area contributed by atoms with Crippen LogP contribution in [-0.4, -0.2) is 38.4 Å². The summed E-state index contributed by atoms with van der Waals surface area (Å²) in [5, 5.41) is 3.27. The fourth-order valence-electron chi connectivity index (χ4n) is 2.84. The predicted octanol–water partition coefficient (Wildman–Crippen LogP) is 0.669. The molecule has 0 radical (unpaired) electrons. The Labute approximate surface area is 102 Å². The number of hydrogen-bond donors (Lipinski definition) is 1. The van der Waals surface area contributed by atoms with Crippen LogP contribution in [0.5, 0.6) is 0 Å². The monoisotopic (exact) mass is 252 g/mol. The van der Waals surface area contributed by atoms with E-state index in [9.17, 15) is 8.42 Å². The summed E-state index contributed by atoms with van der Waals surface area (Å²) in [7, 11) is -3.30. The molecule has 0 aromatic heterocycles. The molecule has 2 aliphatic rings. The molecule has 0 saturated carbocycles. The van der Waals surface area contributed by atoms with Crippen LogP contribution in [0, 0.1) is 5.92 Å². The Balaban J connectivity index is 1.94. The molecule has 0 amide bonds. The van der Waals surface area contributed by atoms with Gasteiger partial charge in [-0.1, -0.05) is 18.2 Å². The summed E-state index contributed by atoms with van der Waals surface area (Å²) in [6, 6.07) is 8.87. The maximum Gasteiger partial charge on any atom is 0.243 e. The summed E-state index contributed by atoms with van der Waals surface area (Å²) in [6.07, 6.45) is 0.976. The lowest BCUT2D eigenvalue weighted by molar-refractivity contribution is 0.383. The van der Waals surface area contributed by atoms with E-state index < -0.39 is 10.0 Å². The van der Waals surface area contributed by atoms with Crippen LogP contribution >= 0.6 is 0 Å². The molecule has 1 aromatic carbocycles. The fraction of sp³-hybridized carbons (Fsp3) is 0.500. The smallest absolute Gasteiger partial charge is 0.243 e. The summed E-state index contributed by atoms with van der Waals surface area (Å²) in [5.41, 5.74) is 0. The van der Waals surface area contributed by atoms with Crippen LogP contribution in [0.3, 0.4) is 0 Å². The summed E-state index contributed by atoms with van der Waals surface area (Å²) < 4.78 is 26.6. The van der Waals surface area contributed by atoms with Gasteiger partial charge in [0.25, 0.3) is 0 Å². The van der Waals surface area contributed by atoms with Crippen molar-refractivity contribution in [1.29, 1.82) is 0 Å². The Bertz CT molecular complexity index is 500. The highest BCUT2D eigenvalue weighted by molar-refractivity contribution is 7.89. The number of nitrogens with zero attached hydrogens (tertiary/aromatic N) is 1. The standard InChI is InChI=1S/C12H16N2O2S/c15-17(16,11-4-2-1-3-5-11)14-7-6-10-8-13-9-12(10)14/h1-5,10,12-13H,6-9H2/t10-,12+/m1/s1. The Kier molecular flexibility index (Phi) is 2.69. The van der Waals surface area contributed by atoms with Crippen molar-refractivity contribution >= 4 is 10.0 Å². The van der Waals surface area contributed by atoms with Crippen LogP contribution in [0.1, 0.15) is 6.42 Å². The lowest BCUT2D eigenvalue weighted by atomic mass is 10.1. The maximum absolute atomic E-state index is 12.5. The topological polar surface area (TPSA) is 49.4 Å². The molecule has 0 bridgehead atoms. The van der Waals surface area contributed by atoms with Gasteiger partial charge < -0.3 is 5.32 Å². The zero-order valence-corrected chi connectivity index (χ0v) is 10.4. The van der Waals surface area contributed by atoms with E-state index in [1.807, 2.05) is 6.07 Å². The van der Waals surface area contributed by atoms with Gasteiger partial charge in [-0.2, -0.15) is 4.31 Å². The summed E-state index contributed by atoms with van der Waals surface area (Å²) in [5.74, 6) is 0.494. The molecule has 0 aliphatic carbocycles. The van der Waals surface area contributed by atoms with E-state index in [-0.39, 0.29) is 6.04 Å². The molecule has 92 valence electrons. The van der Waals surface area contributed by atoms with Crippen molar-refractivity contribution in [2.45, 2.75) is 17.4 Å². The minimum absolute atomic E-state index is 0.153. The highest BCUT2D eigenvalue weighted by Gasteiger charge is 2.43. The zero-order chi connectivity index (χ0) is 11.9. The van der Waals surface area contributed by atoms with Crippen LogP contribution in [-0.2, 0) is 10.0 Å². The molecular formula is C12H16N2O2S. The third-order valence-electron chi connectivity index (χ3n) is 3.74. The molecule has 3 rings (SSSR count). The lowest BCUT2D eigenvalue weighted by Crippen LogP contribution is -2.38.